The second kappa shape index (κ2) is 4.59. The number of anilines is 1. The molecule has 0 aromatic heterocycles. The van der Waals surface area contributed by atoms with Crippen LogP contribution in [0.25, 0.3) is 0 Å². The summed E-state index contributed by atoms with van der Waals surface area (Å²) in [4.78, 5) is 0. The van der Waals surface area contributed by atoms with Crippen molar-refractivity contribution in [2.24, 2.45) is 5.73 Å². The van der Waals surface area contributed by atoms with Gasteiger partial charge in [0, 0.05) is 14.0 Å². The van der Waals surface area contributed by atoms with Crippen molar-refractivity contribution in [3.8, 4) is 0 Å². The molecule has 0 unspecified atom stereocenters. The summed E-state index contributed by atoms with van der Waals surface area (Å²) in [6, 6.07) is 3.51. The molecule has 0 aliphatic heterocycles. The molecular weight excluding hydrogens is 339 g/mol. The highest BCUT2D eigenvalue weighted by atomic mass is 79.9. The van der Waals surface area contributed by atoms with Crippen molar-refractivity contribution in [2.75, 3.05) is 5.32 Å². The van der Waals surface area contributed by atoms with Gasteiger partial charge in [-0.2, -0.15) is 0 Å². The molecule has 2 nitrogen and oxygen atoms in total. The lowest BCUT2D eigenvalue weighted by atomic mass is 10.3. The van der Waals surface area contributed by atoms with Crippen molar-refractivity contribution in [1.29, 1.82) is 0 Å². The minimum Gasteiger partial charge on any atom is -0.376 e. The quantitative estimate of drug-likeness (QED) is 0.766. The predicted molar refractivity (Wildman–Crippen MR) is 67.3 cm³/mol. The molecule has 0 saturated heterocycles. The van der Waals surface area contributed by atoms with Crippen LogP contribution in [0.3, 0.4) is 0 Å². The molecule has 0 fully saturated rings. The second-order valence-electron chi connectivity index (χ2n) is 2.23. The summed E-state index contributed by atoms with van der Waals surface area (Å²) in [6.45, 7) is 0. The average Bonchev–Trinajstić information content (AvgIpc) is 1.96. The third-order valence-corrected chi connectivity index (χ3v) is 2.83. The van der Waals surface area contributed by atoms with Gasteiger partial charge in [0.25, 0.3) is 0 Å². The Morgan fingerprint density at radius 2 is 1.85 bits per heavy atom. The van der Waals surface area contributed by atoms with E-state index in [1.54, 1.807) is 12.1 Å². The first kappa shape index (κ1) is 11.2. The van der Waals surface area contributed by atoms with Crippen LogP contribution in [-0.2, 0) is 0 Å². The van der Waals surface area contributed by atoms with Gasteiger partial charge in [-0.25, -0.2) is 0 Å². The highest BCUT2D eigenvalue weighted by molar-refractivity contribution is 9.11. The van der Waals surface area contributed by atoms with Crippen LogP contribution in [0.15, 0.2) is 21.1 Å². The van der Waals surface area contributed by atoms with Crippen LogP contribution in [0.5, 0.6) is 0 Å². The summed E-state index contributed by atoms with van der Waals surface area (Å²) in [5, 5.41) is 3.67. The fraction of sp³-hybridized carbons (Fsp3) is 0. The van der Waals surface area contributed by atoms with Gasteiger partial charge in [-0.15, -0.1) is 0 Å². The van der Waals surface area contributed by atoms with Gasteiger partial charge in [-0.3, -0.25) is 0 Å². The van der Waals surface area contributed by atoms with Gasteiger partial charge in [0.2, 0.25) is 0 Å². The highest BCUT2D eigenvalue weighted by Gasteiger charge is 2.06. The Kier molecular flexibility index (Phi) is 3.97. The molecule has 0 aliphatic rings. The zero-order valence-electron chi connectivity index (χ0n) is 6.27. The molecule has 1 aromatic carbocycles. The summed E-state index contributed by atoms with van der Waals surface area (Å²) in [6.07, 6.45) is 0. The number of thiocarbonyl (C=S) groups is 1. The van der Waals surface area contributed by atoms with Gasteiger partial charge in [-0.1, -0.05) is 11.6 Å². The number of hydrogen-bond acceptors (Lipinski definition) is 1. The van der Waals surface area contributed by atoms with Gasteiger partial charge >= 0.3 is 0 Å². The Morgan fingerprint density at radius 3 is 2.23 bits per heavy atom. The molecule has 6 heteroatoms. The molecule has 70 valence electrons. The first-order valence-corrected chi connectivity index (χ1v) is 5.59. The Balaban J connectivity index is 3.13. The number of halogens is 3. The Hall–Kier alpha value is 0.160. The molecule has 1 aromatic rings. The topological polar surface area (TPSA) is 38.0 Å². The molecular formula is C7H5Br2ClN2S. The summed E-state index contributed by atoms with van der Waals surface area (Å²) >= 11 is 17.2. The molecule has 1 rings (SSSR count). The zero-order valence-corrected chi connectivity index (χ0v) is 11.0. The van der Waals surface area contributed by atoms with E-state index in [0.717, 1.165) is 14.6 Å². The van der Waals surface area contributed by atoms with E-state index in [2.05, 4.69) is 37.2 Å². The molecule has 0 aliphatic carbocycles. The van der Waals surface area contributed by atoms with Crippen LogP contribution in [0.4, 0.5) is 5.69 Å². The molecule has 0 amide bonds. The van der Waals surface area contributed by atoms with E-state index >= 15 is 0 Å². The fourth-order valence-corrected chi connectivity index (χ4v) is 2.75. The third kappa shape index (κ3) is 3.09. The highest BCUT2D eigenvalue weighted by Crippen LogP contribution is 2.33. The Labute approximate surface area is 103 Å². The van der Waals surface area contributed by atoms with E-state index in [4.69, 9.17) is 29.6 Å². The molecule has 0 heterocycles. The van der Waals surface area contributed by atoms with Gasteiger partial charge in [0.05, 0.1) is 5.69 Å². The Bertz CT molecular complexity index is 333. The summed E-state index contributed by atoms with van der Waals surface area (Å²) in [5.41, 5.74) is 6.12. The van der Waals surface area contributed by atoms with Gasteiger partial charge in [0.15, 0.2) is 5.11 Å². The molecule has 0 spiro atoms. The van der Waals surface area contributed by atoms with E-state index < -0.39 is 0 Å². The average molecular weight is 344 g/mol. The Morgan fingerprint density at radius 1 is 1.38 bits per heavy atom. The number of rotatable bonds is 1. The largest absolute Gasteiger partial charge is 0.376 e. The SMILES string of the molecule is NC(=S)Nc1c(Br)cc(Cl)cc1Br. The minimum atomic E-state index is 0.212. The lowest BCUT2D eigenvalue weighted by molar-refractivity contribution is 1.54. The van der Waals surface area contributed by atoms with E-state index in [0.29, 0.717) is 5.02 Å². The first-order valence-electron chi connectivity index (χ1n) is 3.21. The number of nitrogens with two attached hydrogens (primary N) is 1. The summed E-state index contributed by atoms with van der Waals surface area (Å²) < 4.78 is 1.61. The number of benzene rings is 1. The first-order chi connectivity index (χ1) is 6.00. The van der Waals surface area contributed by atoms with Crippen molar-refractivity contribution >= 4 is 66.5 Å². The maximum atomic E-state index is 5.81. The molecule has 3 N–H and O–H groups in total. The fourth-order valence-electron chi connectivity index (χ4n) is 0.785. The minimum absolute atomic E-state index is 0.212. The van der Waals surface area contributed by atoms with Crippen LogP contribution in [0.1, 0.15) is 0 Å². The van der Waals surface area contributed by atoms with E-state index in [-0.39, 0.29) is 5.11 Å². The van der Waals surface area contributed by atoms with Crippen LogP contribution in [0, 0.1) is 0 Å². The second-order valence-corrected chi connectivity index (χ2v) is 4.82. The normalized spacial score (nSPS) is 9.77. The van der Waals surface area contributed by atoms with E-state index in [9.17, 15) is 0 Å². The van der Waals surface area contributed by atoms with Crippen LogP contribution >= 0.6 is 55.7 Å². The monoisotopic (exact) mass is 342 g/mol. The third-order valence-electron chi connectivity index (χ3n) is 1.26. The smallest absolute Gasteiger partial charge is 0.168 e. The number of nitrogens with one attached hydrogen (secondary N) is 1. The summed E-state index contributed by atoms with van der Waals surface area (Å²) in [7, 11) is 0. The standard InChI is InChI=1S/C7H5Br2ClN2S/c8-4-1-3(10)2-5(9)6(4)12-7(11)13/h1-2H,(H3,11,12,13). The molecule has 13 heavy (non-hydrogen) atoms. The van der Waals surface area contributed by atoms with Gasteiger partial charge in [-0.05, 0) is 56.2 Å². The maximum absolute atomic E-state index is 5.81. The van der Waals surface area contributed by atoms with Crippen LogP contribution < -0.4 is 11.1 Å². The molecule has 0 saturated carbocycles. The van der Waals surface area contributed by atoms with Crippen molar-refractivity contribution in [3.05, 3.63) is 26.1 Å². The van der Waals surface area contributed by atoms with Crippen molar-refractivity contribution in [3.63, 3.8) is 0 Å². The number of hydrogen-bond donors (Lipinski definition) is 2. The molecule has 0 radical (unpaired) electrons. The van der Waals surface area contributed by atoms with Crippen LogP contribution in [0.2, 0.25) is 5.02 Å². The zero-order chi connectivity index (χ0) is 10.0. The van der Waals surface area contributed by atoms with Crippen molar-refractivity contribution in [1.82, 2.24) is 0 Å². The molecule has 0 bridgehead atoms. The van der Waals surface area contributed by atoms with Gasteiger partial charge in [0.1, 0.15) is 0 Å². The van der Waals surface area contributed by atoms with Crippen molar-refractivity contribution < 1.29 is 0 Å². The van der Waals surface area contributed by atoms with E-state index in [1.165, 1.54) is 0 Å². The predicted octanol–water partition coefficient (Wildman–Crippen LogP) is 3.52. The van der Waals surface area contributed by atoms with Crippen molar-refractivity contribution in [2.45, 2.75) is 0 Å². The molecule has 0 atom stereocenters. The lowest BCUT2D eigenvalue weighted by Crippen LogP contribution is -2.19. The van der Waals surface area contributed by atoms with Crippen LogP contribution in [-0.4, -0.2) is 5.11 Å². The van der Waals surface area contributed by atoms with Gasteiger partial charge < -0.3 is 11.1 Å². The lowest BCUT2D eigenvalue weighted by Gasteiger charge is -2.09. The van der Waals surface area contributed by atoms with E-state index in [1.807, 2.05) is 0 Å². The summed E-state index contributed by atoms with van der Waals surface area (Å²) in [5.74, 6) is 0. The maximum Gasteiger partial charge on any atom is 0.168 e.